The number of hydrogen-bond donors (Lipinski definition) is 1. The van der Waals surface area contributed by atoms with E-state index in [2.05, 4.69) is 29.0 Å². The van der Waals surface area contributed by atoms with Gasteiger partial charge >= 0.3 is 6.55 Å². The van der Waals surface area contributed by atoms with E-state index in [9.17, 15) is 8.78 Å². The van der Waals surface area contributed by atoms with Crippen LogP contribution < -0.4 is 5.32 Å². The van der Waals surface area contributed by atoms with Gasteiger partial charge in [0.15, 0.2) is 0 Å². The van der Waals surface area contributed by atoms with Crippen LogP contribution in [0.5, 0.6) is 0 Å². The largest absolute Gasteiger partial charge is 0.319 e. The molecule has 1 atom stereocenters. The Hall–Kier alpha value is -1.01. The van der Waals surface area contributed by atoms with E-state index in [1.165, 1.54) is 18.8 Å². The Labute approximate surface area is 125 Å². The Bertz CT molecular complexity index is 420. The van der Waals surface area contributed by atoms with Crippen LogP contribution >= 0.6 is 0 Å². The second-order valence-corrected chi connectivity index (χ2v) is 6.20. The molecule has 1 aromatic heterocycles. The Balaban J connectivity index is 1.93. The van der Waals surface area contributed by atoms with Crippen LogP contribution in [0.25, 0.3) is 0 Å². The number of alkyl halides is 2. The molecule has 0 amide bonds. The standard InChI is InChI=1S/C15H26F2N4/c1-12(2)9-18-10-13-5-3-4-7-20(13)11-14-19-6-8-21(14)15(16)17/h6,8,12-13,15,18H,3-5,7,9-11H2,1-2H3. The minimum Gasteiger partial charge on any atom is -0.315 e. The van der Waals surface area contributed by atoms with Gasteiger partial charge in [0.05, 0.1) is 6.54 Å². The first-order chi connectivity index (χ1) is 10.1. The molecular formula is C15H26F2N4. The molecule has 0 spiro atoms. The average Bonchev–Trinajstić information content (AvgIpc) is 2.88. The highest BCUT2D eigenvalue weighted by Crippen LogP contribution is 2.20. The van der Waals surface area contributed by atoms with E-state index in [1.54, 1.807) is 0 Å². The second kappa shape index (κ2) is 7.84. The quantitative estimate of drug-likeness (QED) is 0.840. The zero-order valence-electron chi connectivity index (χ0n) is 12.9. The maximum atomic E-state index is 12.9. The lowest BCUT2D eigenvalue weighted by Crippen LogP contribution is -2.45. The molecule has 1 saturated heterocycles. The average molecular weight is 300 g/mol. The molecule has 2 rings (SSSR count). The Morgan fingerprint density at radius 1 is 1.38 bits per heavy atom. The normalized spacial score (nSPS) is 20.6. The molecule has 1 fully saturated rings. The zero-order chi connectivity index (χ0) is 15.2. The molecule has 0 aromatic carbocycles. The summed E-state index contributed by atoms with van der Waals surface area (Å²) in [5.74, 6) is 1.08. The van der Waals surface area contributed by atoms with Gasteiger partial charge in [0, 0.05) is 25.0 Å². The third-order valence-corrected chi connectivity index (χ3v) is 3.99. The van der Waals surface area contributed by atoms with Gasteiger partial charge in [-0.15, -0.1) is 0 Å². The van der Waals surface area contributed by atoms with Crippen molar-refractivity contribution in [2.45, 2.75) is 52.2 Å². The lowest BCUT2D eigenvalue weighted by molar-refractivity contribution is 0.0595. The van der Waals surface area contributed by atoms with Crippen molar-refractivity contribution < 1.29 is 8.78 Å². The second-order valence-electron chi connectivity index (χ2n) is 6.20. The molecule has 0 bridgehead atoms. The lowest BCUT2D eigenvalue weighted by Gasteiger charge is -2.35. The Kier molecular flexibility index (Phi) is 6.11. The van der Waals surface area contributed by atoms with E-state index in [0.29, 0.717) is 24.3 Å². The SMILES string of the molecule is CC(C)CNCC1CCCCN1Cc1nccn1C(F)F. The van der Waals surface area contributed by atoms with Gasteiger partial charge in [0.1, 0.15) is 5.82 Å². The molecular weight excluding hydrogens is 274 g/mol. The van der Waals surface area contributed by atoms with E-state index in [0.717, 1.165) is 37.0 Å². The molecule has 0 saturated carbocycles. The topological polar surface area (TPSA) is 33.1 Å². The fraction of sp³-hybridized carbons (Fsp3) is 0.800. The summed E-state index contributed by atoms with van der Waals surface area (Å²) in [7, 11) is 0. The van der Waals surface area contributed by atoms with Crippen LogP contribution in [-0.4, -0.2) is 40.1 Å². The van der Waals surface area contributed by atoms with E-state index in [4.69, 9.17) is 0 Å². The summed E-state index contributed by atoms with van der Waals surface area (Å²) in [6.07, 6.45) is 6.29. The van der Waals surface area contributed by atoms with Crippen molar-refractivity contribution in [2.75, 3.05) is 19.6 Å². The van der Waals surface area contributed by atoms with Crippen LogP contribution in [0.2, 0.25) is 0 Å². The zero-order valence-corrected chi connectivity index (χ0v) is 12.9. The number of rotatable bonds is 7. The van der Waals surface area contributed by atoms with Crippen molar-refractivity contribution in [1.29, 1.82) is 0 Å². The minimum absolute atomic E-state index is 0.417. The first-order valence-corrected chi connectivity index (χ1v) is 7.82. The number of nitrogens with one attached hydrogen (secondary N) is 1. The summed E-state index contributed by atoms with van der Waals surface area (Å²) >= 11 is 0. The van der Waals surface area contributed by atoms with Crippen LogP contribution in [0, 0.1) is 5.92 Å². The van der Waals surface area contributed by atoms with Crippen LogP contribution in [0.1, 0.15) is 45.5 Å². The summed E-state index contributed by atoms with van der Waals surface area (Å²) in [6.45, 7) is 5.25. The van der Waals surface area contributed by atoms with E-state index in [1.807, 2.05) is 0 Å². The molecule has 1 N–H and O–H groups in total. The number of nitrogens with zero attached hydrogens (tertiary/aromatic N) is 3. The van der Waals surface area contributed by atoms with Gasteiger partial charge in [-0.25, -0.2) is 4.98 Å². The van der Waals surface area contributed by atoms with Crippen molar-refractivity contribution >= 4 is 0 Å². The monoisotopic (exact) mass is 300 g/mol. The van der Waals surface area contributed by atoms with Crippen molar-refractivity contribution in [2.24, 2.45) is 5.92 Å². The van der Waals surface area contributed by atoms with Crippen LogP contribution in [0.15, 0.2) is 12.4 Å². The molecule has 21 heavy (non-hydrogen) atoms. The predicted octanol–water partition coefficient (Wildman–Crippen LogP) is 2.88. The Morgan fingerprint density at radius 3 is 2.90 bits per heavy atom. The smallest absolute Gasteiger partial charge is 0.315 e. The maximum absolute atomic E-state index is 12.9. The molecule has 120 valence electrons. The number of likely N-dealkylation sites (tertiary alicyclic amines) is 1. The first-order valence-electron chi connectivity index (χ1n) is 7.82. The molecule has 2 heterocycles. The molecule has 1 aliphatic rings. The summed E-state index contributed by atoms with van der Waals surface area (Å²) in [5, 5.41) is 3.48. The van der Waals surface area contributed by atoms with Gasteiger partial charge in [0.25, 0.3) is 0 Å². The van der Waals surface area contributed by atoms with Gasteiger partial charge in [-0.1, -0.05) is 20.3 Å². The molecule has 1 aliphatic heterocycles. The highest BCUT2D eigenvalue weighted by atomic mass is 19.3. The first kappa shape index (κ1) is 16.4. The summed E-state index contributed by atoms with van der Waals surface area (Å²) < 4.78 is 26.8. The fourth-order valence-corrected chi connectivity index (χ4v) is 2.86. The van der Waals surface area contributed by atoms with Crippen molar-refractivity contribution in [3.05, 3.63) is 18.2 Å². The van der Waals surface area contributed by atoms with E-state index in [-0.39, 0.29) is 0 Å². The number of imidazole rings is 1. The number of aromatic nitrogens is 2. The van der Waals surface area contributed by atoms with Gasteiger partial charge in [-0.3, -0.25) is 9.47 Å². The van der Waals surface area contributed by atoms with Crippen LogP contribution in [-0.2, 0) is 6.54 Å². The van der Waals surface area contributed by atoms with E-state index < -0.39 is 6.55 Å². The van der Waals surface area contributed by atoms with Gasteiger partial charge in [0.2, 0.25) is 0 Å². The molecule has 0 aliphatic carbocycles. The molecule has 1 unspecified atom stereocenters. The fourth-order valence-electron chi connectivity index (χ4n) is 2.86. The Morgan fingerprint density at radius 2 is 2.19 bits per heavy atom. The number of piperidine rings is 1. The maximum Gasteiger partial charge on any atom is 0.319 e. The van der Waals surface area contributed by atoms with Crippen LogP contribution in [0.4, 0.5) is 8.78 Å². The third-order valence-electron chi connectivity index (χ3n) is 3.99. The van der Waals surface area contributed by atoms with Crippen molar-refractivity contribution in [3.8, 4) is 0 Å². The van der Waals surface area contributed by atoms with Gasteiger partial charge < -0.3 is 5.32 Å². The van der Waals surface area contributed by atoms with Crippen LogP contribution in [0.3, 0.4) is 0 Å². The highest BCUT2D eigenvalue weighted by Gasteiger charge is 2.24. The highest BCUT2D eigenvalue weighted by molar-refractivity contribution is 4.94. The minimum atomic E-state index is -2.51. The predicted molar refractivity (Wildman–Crippen MR) is 79.2 cm³/mol. The number of halogens is 2. The molecule has 4 nitrogen and oxygen atoms in total. The molecule has 6 heteroatoms. The van der Waals surface area contributed by atoms with Gasteiger partial charge in [-0.2, -0.15) is 8.78 Å². The number of hydrogen-bond acceptors (Lipinski definition) is 3. The van der Waals surface area contributed by atoms with Gasteiger partial charge in [-0.05, 0) is 31.8 Å². The molecule has 1 aromatic rings. The van der Waals surface area contributed by atoms with Crippen molar-refractivity contribution in [1.82, 2.24) is 19.8 Å². The van der Waals surface area contributed by atoms with E-state index >= 15 is 0 Å². The summed E-state index contributed by atoms with van der Waals surface area (Å²) in [4.78, 5) is 6.39. The third kappa shape index (κ3) is 4.74. The summed E-state index contributed by atoms with van der Waals surface area (Å²) in [6, 6.07) is 0.417. The van der Waals surface area contributed by atoms with Crippen molar-refractivity contribution in [3.63, 3.8) is 0 Å². The summed E-state index contributed by atoms with van der Waals surface area (Å²) in [5.41, 5.74) is 0. The lowest BCUT2D eigenvalue weighted by atomic mass is 10.0. The molecule has 0 radical (unpaired) electrons.